The lowest BCUT2D eigenvalue weighted by Gasteiger charge is -2.63. The highest BCUT2D eigenvalue weighted by molar-refractivity contribution is 5.87. The second-order valence-electron chi connectivity index (χ2n) is 11.6. The summed E-state index contributed by atoms with van der Waals surface area (Å²) in [6, 6.07) is 0. The first kappa shape index (κ1) is 24.2. The number of ether oxygens (including phenoxy) is 1. The molecule has 34 heavy (non-hydrogen) atoms. The van der Waals surface area contributed by atoms with Crippen LogP contribution >= 0.6 is 0 Å². The van der Waals surface area contributed by atoms with Gasteiger partial charge in [0.1, 0.15) is 5.78 Å². The van der Waals surface area contributed by atoms with Crippen molar-refractivity contribution in [2.24, 2.45) is 40.4 Å². The summed E-state index contributed by atoms with van der Waals surface area (Å²) in [5.41, 5.74) is 3.38. The number of carbonyl (C=O) groups excluding carboxylic acids is 2. The molecule has 5 aliphatic rings. The average Bonchev–Trinajstić information content (AvgIpc) is 3.44. The summed E-state index contributed by atoms with van der Waals surface area (Å²) < 4.78 is 5.69. The molecule has 0 aromatic rings. The normalized spacial score (nSPS) is 45.7. The highest BCUT2D eigenvalue weighted by Gasteiger charge is 2.66. The molecule has 4 fully saturated rings. The molecule has 0 bridgehead atoms. The van der Waals surface area contributed by atoms with Crippen molar-refractivity contribution in [3.8, 4) is 0 Å². The van der Waals surface area contributed by atoms with Gasteiger partial charge in [0, 0.05) is 48.9 Å². The molecule has 0 radical (unpaired) electrons. The third-order valence-electron chi connectivity index (χ3n) is 10.1. The standard InChI is InChI=1S/C26H40N2O6/c1-15(30)33-14-26-9-5-16(28-34-17-7-10-27-12-17)11-21(26)18(13-29)24(32)23-19-3-4-22(31)25(19,2)8-6-20(23)26/h11,17-21,23-24,27-29,32H,3-10,12-14H2,1-2H3. The Morgan fingerprint density at radius 2 is 2.06 bits per heavy atom. The van der Waals surface area contributed by atoms with Gasteiger partial charge in [0.05, 0.1) is 18.8 Å². The highest BCUT2D eigenvalue weighted by Crippen LogP contribution is 2.66. The van der Waals surface area contributed by atoms with E-state index in [4.69, 9.17) is 9.57 Å². The quantitative estimate of drug-likeness (QED) is 0.338. The van der Waals surface area contributed by atoms with Gasteiger partial charge in [-0.3, -0.25) is 19.9 Å². The summed E-state index contributed by atoms with van der Waals surface area (Å²) in [6.45, 7) is 5.42. The van der Waals surface area contributed by atoms with Crippen LogP contribution in [0.3, 0.4) is 0 Å². The maximum Gasteiger partial charge on any atom is 0.302 e. The van der Waals surface area contributed by atoms with Crippen LogP contribution in [-0.2, 0) is 19.2 Å². The molecule has 0 amide bonds. The average molecular weight is 477 g/mol. The van der Waals surface area contributed by atoms with E-state index in [-0.39, 0.29) is 60.3 Å². The molecule has 0 aromatic heterocycles. The second-order valence-corrected chi connectivity index (χ2v) is 11.6. The molecule has 1 saturated heterocycles. The molecule has 5 rings (SSSR count). The van der Waals surface area contributed by atoms with Gasteiger partial charge in [-0.1, -0.05) is 13.0 Å². The van der Waals surface area contributed by atoms with E-state index in [1.54, 1.807) is 0 Å². The SMILES string of the molecule is CC(=O)OCC12CCC(NOC3CCNC3)=CC1C(CO)C(O)C1C3CCC(=O)C3(C)CCC12. The van der Waals surface area contributed by atoms with Crippen molar-refractivity contribution in [1.29, 1.82) is 0 Å². The Balaban J connectivity index is 1.48. The lowest BCUT2D eigenvalue weighted by molar-refractivity contribution is -0.202. The minimum Gasteiger partial charge on any atom is -0.465 e. The van der Waals surface area contributed by atoms with Gasteiger partial charge >= 0.3 is 5.97 Å². The zero-order chi connectivity index (χ0) is 24.1. The summed E-state index contributed by atoms with van der Waals surface area (Å²) in [5.74, 6) is -0.337. The van der Waals surface area contributed by atoms with E-state index in [0.29, 0.717) is 12.2 Å². The number of allylic oxidation sites excluding steroid dienone is 2. The fraction of sp³-hybridized carbons (Fsp3) is 0.846. The Labute approximate surface area is 201 Å². The predicted octanol–water partition coefficient (Wildman–Crippen LogP) is 1.71. The molecule has 0 aromatic carbocycles. The molecule has 9 atom stereocenters. The van der Waals surface area contributed by atoms with Gasteiger partial charge in [-0.05, 0) is 68.7 Å². The van der Waals surface area contributed by atoms with Gasteiger partial charge in [-0.2, -0.15) is 0 Å². The molecule has 8 nitrogen and oxygen atoms in total. The van der Waals surface area contributed by atoms with Crippen LogP contribution in [0.4, 0.5) is 0 Å². The van der Waals surface area contributed by atoms with E-state index in [1.165, 1.54) is 6.92 Å². The third kappa shape index (κ3) is 3.81. The maximum atomic E-state index is 12.8. The van der Waals surface area contributed by atoms with Crippen LogP contribution in [0, 0.1) is 40.4 Å². The van der Waals surface area contributed by atoms with Crippen molar-refractivity contribution in [2.75, 3.05) is 26.3 Å². The number of aliphatic hydroxyl groups excluding tert-OH is 2. The van der Waals surface area contributed by atoms with Crippen LogP contribution in [0.25, 0.3) is 0 Å². The van der Waals surface area contributed by atoms with E-state index in [0.717, 1.165) is 57.3 Å². The van der Waals surface area contributed by atoms with Crippen molar-refractivity contribution < 1.29 is 29.4 Å². The largest absolute Gasteiger partial charge is 0.465 e. The van der Waals surface area contributed by atoms with Crippen molar-refractivity contribution in [3.63, 3.8) is 0 Å². The zero-order valence-electron chi connectivity index (χ0n) is 20.4. The summed E-state index contributed by atoms with van der Waals surface area (Å²) in [4.78, 5) is 30.6. The van der Waals surface area contributed by atoms with Crippen LogP contribution in [0.15, 0.2) is 11.8 Å². The molecular formula is C26H40N2O6. The fourth-order valence-corrected chi connectivity index (χ4v) is 8.30. The Hall–Kier alpha value is -1.48. The third-order valence-corrected chi connectivity index (χ3v) is 10.1. The van der Waals surface area contributed by atoms with Gasteiger partial charge in [-0.25, -0.2) is 0 Å². The number of nitrogens with one attached hydrogen (secondary N) is 2. The van der Waals surface area contributed by atoms with Crippen molar-refractivity contribution in [3.05, 3.63) is 11.8 Å². The minimum absolute atomic E-state index is 0.0714. The minimum atomic E-state index is -0.698. The second kappa shape index (κ2) is 9.19. The van der Waals surface area contributed by atoms with Crippen LogP contribution in [0.1, 0.15) is 58.8 Å². The molecule has 9 unspecified atom stereocenters. The molecule has 1 aliphatic heterocycles. The van der Waals surface area contributed by atoms with E-state index in [1.807, 2.05) is 0 Å². The molecular weight excluding hydrogens is 436 g/mol. The predicted molar refractivity (Wildman–Crippen MR) is 124 cm³/mol. The summed E-state index contributed by atoms with van der Waals surface area (Å²) in [7, 11) is 0. The Morgan fingerprint density at radius 3 is 2.76 bits per heavy atom. The van der Waals surface area contributed by atoms with E-state index >= 15 is 0 Å². The Bertz CT molecular complexity index is 841. The number of esters is 1. The van der Waals surface area contributed by atoms with Gasteiger partial charge in [0.2, 0.25) is 0 Å². The molecule has 190 valence electrons. The monoisotopic (exact) mass is 476 g/mol. The van der Waals surface area contributed by atoms with E-state index in [2.05, 4.69) is 23.8 Å². The summed E-state index contributed by atoms with van der Waals surface area (Å²) in [5, 5.41) is 25.5. The first-order valence-electron chi connectivity index (χ1n) is 13.1. The number of hydroxylamine groups is 1. The number of aliphatic hydroxyl groups is 2. The number of rotatable bonds is 6. The molecule has 4 aliphatic carbocycles. The summed E-state index contributed by atoms with van der Waals surface area (Å²) >= 11 is 0. The van der Waals surface area contributed by atoms with Crippen molar-refractivity contribution in [2.45, 2.75) is 71.0 Å². The Kier molecular flexibility index (Phi) is 6.55. The van der Waals surface area contributed by atoms with Crippen LogP contribution in [0.5, 0.6) is 0 Å². The van der Waals surface area contributed by atoms with E-state index < -0.39 is 11.5 Å². The first-order valence-corrected chi connectivity index (χ1v) is 13.1. The van der Waals surface area contributed by atoms with Crippen LogP contribution < -0.4 is 10.8 Å². The number of hydrogen-bond acceptors (Lipinski definition) is 8. The molecule has 3 saturated carbocycles. The van der Waals surface area contributed by atoms with Crippen LogP contribution in [0.2, 0.25) is 0 Å². The number of carbonyl (C=O) groups is 2. The Morgan fingerprint density at radius 1 is 1.24 bits per heavy atom. The number of hydrogen-bond donors (Lipinski definition) is 4. The zero-order valence-corrected chi connectivity index (χ0v) is 20.4. The number of ketones is 1. The van der Waals surface area contributed by atoms with Gasteiger partial charge in [0.25, 0.3) is 0 Å². The van der Waals surface area contributed by atoms with E-state index in [9.17, 15) is 19.8 Å². The van der Waals surface area contributed by atoms with Crippen LogP contribution in [-0.4, -0.2) is 60.5 Å². The van der Waals surface area contributed by atoms with Gasteiger partial charge in [-0.15, -0.1) is 0 Å². The highest BCUT2D eigenvalue weighted by atomic mass is 16.7. The molecule has 0 spiro atoms. The van der Waals surface area contributed by atoms with Crippen molar-refractivity contribution in [1.82, 2.24) is 10.8 Å². The molecule has 1 heterocycles. The fourth-order valence-electron chi connectivity index (χ4n) is 8.30. The van der Waals surface area contributed by atoms with Gasteiger partial charge in [0.15, 0.2) is 0 Å². The lowest BCUT2D eigenvalue weighted by Crippen LogP contribution is -2.64. The smallest absolute Gasteiger partial charge is 0.302 e. The lowest BCUT2D eigenvalue weighted by atomic mass is 9.43. The molecule has 8 heteroatoms. The molecule has 4 N–H and O–H groups in total. The number of Topliss-reactive ketones (excluding diaryl/α,β-unsaturated/α-hetero) is 1. The maximum absolute atomic E-state index is 12.8. The summed E-state index contributed by atoms with van der Waals surface area (Å²) in [6.07, 6.45) is 7.08. The number of fused-ring (bicyclic) bond motifs is 5. The first-order chi connectivity index (χ1) is 16.3. The van der Waals surface area contributed by atoms with Crippen molar-refractivity contribution >= 4 is 11.8 Å². The topological polar surface area (TPSA) is 117 Å². The van der Waals surface area contributed by atoms with Gasteiger partial charge < -0.3 is 20.3 Å².